The van der Waals surface area contributed by atoms with Crippen molar-refractivity contribution in [3.8, 4) is 33.8 Å². The van der Waals surface area contributed by atoms with E-state index >= 15 is 0 Å². The summed E-state index contributed by atoms with van der Waals surface area (Å²) in [5.41, 5.74) is 8.59. The van der Waals surface area contributed by atoms with Gasteiger partial charge in [-0.3, -0.25) is 0 Å². The van der Waals surface area contributed by atoms with E-state index in [0.29, 0.717) is 0 Å². The minimum Gasteiger partial charge on any atom is -0.497 e. The smallest absolute Gasteiger partial charge is 0.119 e. The topological polar surface area (TPSA) is 27.7 Å². The molecule has 0 radical (unpaired) electrons. The lowest BCUT2D eigenvalue weighted by atomic mass is 9.90. The monoisotopic (exact) mass is 562 g/mol. The van der Waals surface area contributed by atoms with Gasteiger partial charge in [0.15, 0.2) is 0 Å². The van der Waals surface area contributed by atoms with Crippen LogP contribution in [0.2, 0.25) is 0 Å². The fraction of sp³-hybridized carbons (Fsp3) is 0.100. The maximum Gasteiger partial charge on any atom is 0.119 e. The Kier molecular flexibility index (Phi) is 8.63. The van der Waals surface area contributed by atoms with Crippen molar-refractivity contribution in [2.45, 2.75) is 12.2 Å². The van der Waals surface area contributed by atoms with Gasteiger partial charge in [0, 0.05) is 0 Å². The van der Waals surface area contributed by atoms with Crippen LogP contribution in [0.3, 0.4) is 0 Å². The van der Waals surface area contributed by atoms with Crippen molar-refractivity contribution in [1.82, 2.24) is 0 Å². The van der Waals surface area contributed by atoms with E-state index in [9.17, 15) is 0 Å². The van der Waals surface area contributed by atoms with Crippen molar-refractivity contribution in [2.24, 2.45) is 0 Å². The quantitative estimate of drug-likeness (QED) is 0.166. The minimum absolute atomic E-state index is 0.411. The molecule has 0 aliphatic heterocycles. The summed E-state index contributed by atoms with van der Waals surface area (Å²) in [5.74, 6) is 1.56. The molecule has 0 aliphatic carbocycles. The Bertz CT molecular complexity index is 1620. The molecule has 212 valence electrons. The molecule has 6 aromatic rings. The molecule has 0 aromatic heterocycles. The standard InChI is InChI=1S/C40H34O3/c1-41-33-23-25-35(29-15-7-3-8-16-29)37(27-33)39(31-19-11-5-12-20-31)43-40(32-21-13-6-14-22-32)38-28-34(42-2)24-26-36(38)30-17-9-4-10-18-30/h3-28,39-40H,1-2H3. The Hall–Kier alpha value is -5.12. The molecule has 2 unspecified atom stereocenters. The van der Waals surface area contributed by atoms with Crippen LogP contribution in [0, 0.1) is 0 Å². The largest absolute Gasteiger partial charge is 0.497 e. The molecule has 2 atom stereocenters. The summed E-state index contributed by atoms with van der Waals surface area (Å²) in [4.78, 5) is 0. The Morgan fingerprint density at radius 3 is 1.09 bits per heavy atom. The van der Waals surface area contributed by atoms with Gasteiger partial charge in [0.2, 0.25) is 0 Å². The molecule has 6 rings (SSSR count). The minimum atomic E-state index is -0.411. The van der Waals surface area contributed by atoms with Crippen LogP contribution in [0.25, 0.3) is 22.3 Å². The number of benzene rings is 6. The molecule has 0 saturated carbocycles. The second kappa shape index (κ2) is 13.2. The van der Waals surface area contributed by atoms with E-state index in [1.807, 2.05) is 36.4 Å². The Morgan fingerprint density at radius 2 is 0.744 bits per heavy atom. The van der Waals surface area contributed by atoms with Crippen LogP contribution in [0.1, 0.15) is 34.5 Å². The summed E-state index contributed by atoms with van der Waals surface area (Å²) in [7, 11) is 3.41. The average Bonchev–Trinajstić information content (AvgIpc) is 3.10. The first-order valence-electron chi connectivity index (χ1n) is 14.5. The van der Waals surface area contributed by atoms with Gasteiger partial charge in [0.25, 0.3) is 0 Å². The summed E-state index contributed by atoms with van der Waals surface area (Å²) in [6.07, 6.45) is -0.821. The highest BCUT2D eigenvalue weighted by molar-refractivity contribution is 5.71. The van der Waals surface area contributed by atoms with Crippen LogP contribution in [0.15, 0.2) is 158 Å². The third-order valence-electron chi connectivity index (χ3n) is 7.73. The van der Waals surface area contributed by atoms with Crippen LogP contribution in [-0.2, 0) is 4.74 Å². The average molecular weight is 563 g/mol. The Balaban J connectivity index is 1.58. The highest BCUT2D eigenvalue weighted by Gasteiger charge is 2.28. The summed E-state index contributed by atoms with van der Waals surface area (Å²) in [6, 6.07) is 54.2. The molecule has 0 saturated heterocycles. The first kappa shape index (κ1) is 28.0. The van der Waals surface area contributed by atoms with Gasteiger partial charge < -0.3 is 14.2 Å². The molecule has 0 spiro atoms. The third-order valence-corrected chi connectivity index (χ3v) is 7.73. The van der Waals surface area contributed by atoms with Crippen molar-refractivity contribution >= 4 is 0 Å². The first-order valence-corrected chi connectivity index (χ1v) is 14.5. The van der Waals surface area contributed by atoms with Crippen LogP contribution in [0.5, 0.6) is 11.5 Å². The molecule has 0 bridgehead atoms. The summed E-state index contributed by atoms with van der Waals surface area (Å²) in [6.45, 7) is 0. The first-order chi connectivity index (χ1) is 21.2. The zero-order chi connectivity index (χ0) is 29.4. The lowest BCUT2D eigenvalue weighted by molar-refractivity contribution is 0.0312. The van der Waals surface area contributed by atoms with E-state index in [2.05, 4.69) is 121 Å². The number of methoxy groups -OCH3 is 2. The number of ether oxygens (including phenoxy) is 3. The zero-order valence-electron chi connectivity index (χ0n) is 24.4. The summed E-state index contributed by atoms with van der Waals surface area (Å²) < 4.78 is 18.9. The van der Waals surface area contributed by atoms with Gasteiger partial charge in [-0.15, -0.1) is 0 Å². The van der Waals surface area contributed by atoms with Gasteiger partial charge in [-0.2, -0.15) is 0 Å². The van der Waals surface area contributed by atoms with Crippen molar-refractivity contribution < 1.29 is 14.2 Å². The van der Waals surface area contributed by atoms with Crippen molar-refractivity contribution in [3.05, 3.63) is 180 Å². The second-order valence-electron chi connectivity index (χ2n) is 10.4. The fourth-order valence-corrected chi connectivity index (χ4v) is 5.59. The van der Waals surface area contributed by atoms with E-state index in [-0.39, 0.29) is 0 Å². The van der Waals surface area contributed by atoms with Gasteiger partial charge in [-0.1, -0.05) is 133 Å². The van der Waals surface area contributed by atoms with Crippen molar-refractivity contribution in [1.29, 1.82) is 0 Å². The zero-order valence-corrected chi connectivity index (χ0v) is 24.4. The third kappa shape index (κ3) is 6.23. The Morgan fingerprint density at radius 1 is 0.395 bits per heavy atom. The van der Waals surface area contributed by atoms with Crippen molar-refractivity contribution in [2.75, 3.05) is 14.2 Å². The normalized spacial score (nSPS) is 12.3. The van der Waals surface area contributed by atoms with Gasteiger partial charge in [0.1, 0.15) is 23.7 Å². The summed E-state index contributed by atoms with van der Waals surface area (Å²) in [5, 5.41) is 0. The van der Waals surface area contributed by atoms with Gasteiger partial charge in [0.05, 0.1) is 14.2 Å². The predicted octanol–water partition coefficient (Wildman–Crippen LogP) is 9.93. The lowest BCUT2D eigenvalue weighted by Crippen LogP contribution is -2.15. The molecule has 0 aliphatic rings. The SMILES string of the molecule is COc1ccc(-c2ccccc2)c(C(OC(c2ccccc2)c2cc(OC)ccc2-c2ccccc2)c2ccccc2)c1. The molecular weight excluding hydrogens is 528 g/mol. The molecule has 43 heavy (non-hydrogen) atoms. The van der Waals surface area contributed by atoms with Crippen molar-refractivity contribution in [3.63, 3.8) is 0 Å². The maximum absolute atomic E-state index is 7.41. The Labute approximate surface area is 254 Å². The molecule has 3 nitrogen and oxygen atoms in total. The van der Waals surface area contributed by atoms with Gasteiger partial charge in [-0.05, 0) is 68.8 Å². The molecule has 3 heteroatoms. The highest BCUT2D eigenvalue weighted by atomic mass is 16.5. The van der Waals surface area contributed by atoms with E-state index < -0.39 is 12.2 Å². The molecule has 6 aromatic carbocycles. The van der Waals surface area contributed by atoms with Crippen LogP contribution < -0.4 is 9.47 Å². The molecule has 0 N–H and O–H groups in total. The van der Waals surface area contributed by atoms with E-state index in [0.717, 1.165) is 56.0 Å². The number of hydrogen-bond acceptors (Lipinski definition) is 3. The van der Waals surface area contributed by atoms with Crippen LogP contribution in [-0.4, -0.2) is 14.2 Å². The van der Waals surface area contributed by atoms with E-state index in [4.69, 9.17) is 14.2 Å². The predicted molar refractivity (Wildman–Crippen MR) is 175 cm³/mol. The van der Waals surface area contributed by atoms with Gasteiger partial charge >= 0.3 is 0 Å². The van der Waals surface area contributed by atoms with Crippen LogP contribution in [0.4, 0.5) is 0 Å². The molecule has 0 heterocycles. The number of rotatable bonds is 10. The van der Waals surface area contributed by atoms with Crippen LogP contribution >= 0.6 is 0 Å². The van der Waals surface area contributed by atoms with E-state index in [1.165, 1.54) is 0 Å². The van der Waals surface area contributed by atoms with Gasteiger partial charge in [-0.25, -0.2) is 0 Å². The highest BCUT2D eigenvalue weighted by Crippen LogP contribution is 2.44. The molecule has 0 fully saturated rings. The summed E-state index contributed by atoms with van der Waals surface area (Å²) >= 11 is 0. The lowest BCUT2D eigenvalue weighted by Gasteiger charge is -2.30. The fourth-order valence-electron chi connectivity index (χ4n) is 5.59. The molecular formula is C40H34O3. The molecule has 0 amide bonds. The second-order valence-corrected chi connectivity index (χ2v) is 10.4. The number of hydrogen-bond donors (Lipinski definition) is 0. The maximum atomic E-state index is 7.41. The van der Waals surface area contributed by atoms with E-state index in [1.54, 1.807) is 14.2 Å².